The molecule has 0 aliphatic heterocycles. The number of hydrogen-bond donors (Lipinski definition) is 1. The fourth-order valence-corrected chi connectivity index (χ4v) is 3.86. The molecule has 0 unspecified atom stereocenters. The molecule has 0 bridgehead atoms. The SMILES string of the molecule is C=CCn1c(SCC(=O)Nc2ccc(C(C)C)cc2)nnc1-c1ccc(Cl)c(Cl)c1. The molecule has 0 fully saturated rings. The van der Waals surface area contributed by atoms with Crippen molar-refractivity contribution < 1.29 is 4.79 Å². The van der Waals surface area contributed by atoms with Crippen LogP contribution >= 0.6 is 35.0 Å². The molecule has 0 atom stereocenters. The van der Waals surface area contributed by atoms with E-state index in [-0.39, 0.29) is 11.7 Å². The van der Waals surface area contributed by atoms with Gasteiger partial charge in [0.25, 0.3) is 0 Å². The Morgan fingerprint density at radius 1 is 1.17 bits per heavy atom. The third-order valence-electron chi connectivity index (χ3n) is 4.40. The summed E-state index contributed by atoms with van der Waals surface area (Å²) in [6.45, 7) is 8.57. The molecule has 0 aliphatic carbocycles. The summed E-state index contributed by atoms with van der Waals surface area (Å²) >= 11 is 13.5. The highest BCUT2D eigenvalue weighted by atomic mass is 35.5. The first-order valence-corrected chi connectivity index (χ1v) is 11.1. The molecule has 0 saturated heterocycles. The number of nitrogens with one attached hydrogen (secondary N) is 1. The molecule has 3 aromatic rings. The lowest BCUT2D eigenvalue weighted by atomic mass is 10.0. The molecule has 2 aromatic carbocycles. The highest BCUT2D eigenvalue weighted by molar-refractivity contribution is 7.99. The molecule has 156 valence electrons. The molecule has 1 amide bonds. The summed E-state index contributed by atoms with van der Waals surface area (Å²) in [4.78, 5) is 12.4. The van der Waals surface area contributed by atoms with Gasteiger partial charge in [-0.3, -0.25) is 9.36 Å². The Bertz CT molecular complexity index is 1050. The van der Waals surface area contributed by atoms with Crippen LogP contribution in [0.4, 0.5) is 5.69 Å². The monoisotopic (exact) mass is 460 g/mol. The smallest absolute Gasteiger partial charge is 0.234 e. The molecule has 5 nitrogen and oxygen atoms in total. The van der Waals surface area contributed by atoms with Crippen molar-refractivity contribution in [2.75, 3.05) is 11.1 Å². The molecule has 1 aromatic heterocycles. The Hall–Kier alpha value is -2.28. The zero-order valence-corrected chi connectivity index (χ0v) is 19.1. The average molecular weight is 461 g/mol. The van der Waals surface area contributed by atoms with Crippen molar-refractivity contribution in [3.05, 3.63) is 70.7 Å². The van der Waals surface area contributed by atoms with E-state index in [0.29, 0.717) is 33.5 Å². The maximum atomic E-state index is 12.4. The quantitative estimate of drug-likeness (QED) is 0.316. The van der Waals surface area contributed by atoms with Crippen molar-refractivity contribution in [1.29, 1.82) is 0 Å². The van der Waals surface area contributed by atoms with E-state index in [1.807, 2.05) is 34.9 Å². The molecule has 0 saturated carbocycles. The van der Waals surface area contributed by atoms with Crippen molar-refractivity contribution in [2.24, 2.45) is 0 Å². The number of thioether (sulfide) groups is 1. The van der Waals surface area contributed by atoms with E-state index in [0.717, 1.165) is 11.3 Å². The molecule has 0 aliphatic rings. The fraction of sp³-hybridized carbons (Fsp3) is 0.227. The summed E-state index contributed by atoms with van der Waals surface area (Å²) in [7, 11) is 0. The first-order valence-electron chi connectivity index (χ1n) is 9.41. The van der Waals surface area contributed by atoms with Crippen molar-refractivity contribution >= 4 is 46.6 Å². The second kappa shape index (κ2) is 10.2. The Morgan fingerprint density at radius 3 is 2.53 bits per heavy atom. The molecular weight excluding hydrogens is 439 g/mol. The number of rotatable bonds is 8. The molecule has 8 heteroatoms. The summed E-state index contributed by atoms with van der Waals surface area (Å²) in [6, 6.07) is 13.2. The maximum Gasteiger partial charge on any atom is 0.234 e. The normalized spacial score (nSPS) is 11.0. The first-order chi connectivity index (χ1) is 14.4. The standard InChI is InChI=1S/C22H22Cl2N4OS/c1-4-11-28-21(16-7-10-18(23)19(24)12-16)26-27-22(28)30-13-20(29)25-17-8-5-15(6-9-17)14(2)3/h4-10,12,14H,1,11,13H2,2-3H3,(H,25,29). The second-order valence-electron chi connectivity index (χ2n) is 6.95. The van der Waals surface area contributed by atoms with Crippen molar-refractivity contribution in [2.45, 2.75) is 31.5 Å². The summed E-state index contributed by atoms with van der Waals surface area (Å²) in [5.41, 5.74) is 2.80. The Morgan fingerprint density at radius 2 is 1.90 bits per heavy atom. The highest BCUT2D eigenvalue weighted by Gasteiger charge is 2.16. The number of hydrogen-bond acceptors (Lipinski definition) is 4. The van der Waals surface area contributed by atoms with Gasteiger partial charge in [-0.25, -0.2) is 0 Å². The zero-order chi connectivity index (χ0) is 21.7. The molecule has 0 radical (unpaired) electrons. The lowest BCUT2D eigenvalue weighted by molar-refractivity contribution is -0.113. The van der Waals surface area contributed by atoms with Crippen molar-refractivity contribution in [3.63, 3.8) is 0 Å². The van der Waals surface area contributed by atoms with Crippen LogP contribution < -0.4 is 5.32 Å². The van der Waals surface area contributed by atoms with Crippen molar-refractivity contribution in [1.82, 2.24) is 14.8 Å². The lowest BCUT2D eigenvalue weighted by Gasteiger charge is -2.10. The van der Waals surface area contributed by atoms with Gasteiger partial charge < -0.3 is 5.32 Å². The van der Waals surface area contributed by atoms with Crippen LogP contribution in [0.3, 0.4) is 0 Å². The Kier molecular flexibility index (Phi) is 7.58. The van der Waals surface area contributed by atoms with Gasteiger partial charge >= 0.3 is 0 Å². The molecule has 1 heterocycles. The van der Waals surface area contributed by atoms with Crippen LogP contribution in [0.2, 0.25) is 10.0 Å². The predicted molar refractivity (Wildman–Crippen MR) is 126 cm³/mol. The van der Waals surface area contributed by atoms with E-state index in [9.17, 15) is 4.79 Å². The minimum absolute atomic E-state index is 0.110. The first kappa shape index (κ1) is 22.4. The highest BCUT2D eigenvalue weighted by Crippen LogP contribution is 2.30. The number of benzene rings is 2. The van der Waals surface area contributed by atoms with Crippen molar-refractivity contribution in [3.8, 4) is 11.4 Å². The van der Waals surface area contributed by atoms with Crippen LogP contribution in [0.1, 0.15) is 25.3 Å². The number of allylic oxidation sites excluding steroid dienone is 1. The van der Waals surface area contributed by atoms with Crippen LogP contribution in [-0.2, 0) is 11.3 Å². The zero-order valence-electron chi connectivity index (χ0n) is 16.7. The molecule has 1 N–H and O–H groups in total. The lowest BCUT2D eigenvalue weighted by Crippen LogP contribution is -2.14. The predicted octanol–water partition coefficient (Wildman–Crippen LogP) is 6.29. The molecule has 3 rings (SSSR count). The summed E-state index contributed by atoms with van der Waals surface area (Å²) < 4.78 is 1.89. The third-order valence-corrected chi connectivity index (χ3v) is 6.11. The molecule has 30 heavy (non-hydrogen) atoms. The Balaban J connectivity index is 1.70. The van der Waals surface area contributed by atoms with E-state index in [1.54, 1.807) is 18.2 Å². The minimum Gasteiger partial charge on any atom is -0.325 e. The van der Waals surface area contributed by atoms with Gasteiger partial charge in [-0.2, -0.15) is 0 Å². The van der Waals surface area contributed by atoms with Gasteiger partial charge in [0.15, 0.2) is 11.0 Å². The van der Waals surface area contributed by atoms with Gasteiger partial charge in [0.2, 0.25) is 5.91 Å². The van der Waals surface area contributed by atoms with Gasteiger partial charge in [0.1, 0.15) is 0 Å². The minimum atomic E-state index is -0.110. The van der Waals surface area contributed by atoms with E-state index in [4.69, 9.17) is 23.2 Å². The summed E-state index contributed by atoms with van der Waals surface area (Å²) in [5.74, 6) is 1.19. The topological polar surface area (TPSA) is 59.8 Å². The van der Waals surface area contributed by atoms with Crippen LogP contribution in [0, 0.1) is 0 Å². The van der Waals surface area contributed by atoms with Gasteiger partial charge in [-0.1, -0.05) is 67.0 Å². The summed E-state index contributed by atoms with van der Waals surface area (Å²) in [5, 5.41) is 13.0. The number of amides is 1. The second-order valence-corrected chi connectivity index (χ2v) is 8.70. The van der Waals surface area contributed by atoms with E-state index < -0.39 is 0 Å². The van der Waals surface area contributed by atoms with Gasteiger partial charge in [-0.15, -0.1) is 16.8 Å². The maximum absolute atomic E-state index is 12.4. The van der Waals surface area contributed by atoms with E-state index in [1.165, 1.54) is 17.3 Å². The van der Waals surface area contributed by atoms with Crippen LogP contribution in [-0.4, -0.2) is 26.4 Å². The average Bonchev–Trinajstić information content (AvgIpc) is 3.12. The molecular formula is C22H22Cl2N4OS. The van der Waals surface area contributed by atoms with Gasteiger partial charge in [-0.05, 0) is 41.8 Å². The number of aromatic nitrogens is 3. The van der Waals surface area contributed by atoms with Gasteiger partial charge in [0.05, 0.1) is 15.8 Å². The largest absolute Gasteiger partial charge is 0.325 e. The molecule has 0 spiro atoms. The fourth-order valence-electron chi connectivity index (χ4n) is 2.82. The third kappa shape index (κ3) is 5.45. The van der Waals surface area contributed by atoms with Crippen LogP contribution in [0.15, 0.2) is 60.3 Å². The van der Waals surface area contributed by atoms with E-state index >= 15 is 0 Å². The van der Waals surface area contributed by atoms with E-state index in [2.05, 4.69) is 35.9 Å². The Labute approximate surface area is 190 Å². The number of halogens is 2. The number of carbonyl (C=O) groups is 1. The number of nitrogens with zero attached hydrogens (tertiary/aromatic N) is 3. The number of anilines is 1. The van der Waals surface area contributed by atoms with Crippen LogP contribution in [0.5, 0.6) is 0 Å². The summed E-state index contributed by atoms with van der Waals surface area (Å²) in [6.07, 6.45) is 1.75. The number of carbonyl (C=O) groups excluding carboxylic acids is 1. The van der Waals surface area contributed by atoms with Gasteiger partial charge in [0, 0.05) is 17.8 Å². The van der Waals surface area contributed by atoms with Crippen LogP contribution in [0.25, 0.3) is 11.4 Å².